The van der Waals surface area contributed by atoms with Crippen LogP contribution >= 0.6 is 11.3 Å². The van der Waals surface area contributed by atoms with Crippen molar-refractivity contribution in [3.63, 3.8) is 0 Å². The van der Waals surface area contributed by atoms with Crippen molar-refractivity contribution in [2.75, 3.05) is 39.2 Å². The van der Waals surface area contributed by atoms with Gasteiger partial charge in [-0.05, 0) is 77.5 Å². The molecule has 1 aliphatic heterocycles. The number of fused-ring (bicyclic) bond motifs is 1. The number of thiophene rings is 1. The summed E-state index contributed by atoms with van der Waals surface area (Å²) in [6.07, 6.45) is 4.60. The molecule has 0 unspecified atom stereocenters. The lowest BCUT2D eigenvalue weighted by Gasteiger charge is -2.22. The van der Waals surface area contributed by atoms with Gasteiger partial charge < -0.3 is 14.5 Å². The van der Waals surface area contributed by atoms with E-state index >= 15 is 0 Å². The number of methoxy groups -OCH3 is 1. The summed E-state index contributed by atoms with van der Waals surface area (Å²) in [5, 5.41) is 0. The molecule has 2 aromatic heterocycles. The van der Waals surface area contributed by atoms with Crippen molar-refractivity contribution in [3.8, 4) is 5.69 Å². The monoisotopic (exact) mass is 440 g/mol. The topological polar surface area (TPSA) is 50.6 Å². The molecule has 0 bridgehead atoms. The van der Waals surface area contributed by atoms with Gasteiger partial charge in [-0.2, -0.15) is 0 Å². The molecule has 0 saturated carbocycles. The second-order valence-corrected chi connectivity index (χ2v) is 10.3. The van der Waals surface area contributed by atoms with Gasteiger partial charge in [-0.25, -0.2) is 4.98 Å². The normalized spacial score (nSPS) is 17.2. The average molecular weight is 441 g/mol. The van der Waals surface area contributed by atoms with E-state index in [9.17, 15) is 4.79 Å². The molecule has 0 N–H and O–H groups in total. The van der Waals surface area contributed by atoms with Crippen molar-refractivity contribution >= 4 is 27.2 Å². The van der Waals surface area contributed by atoms with E-state index in [0.29, 0.717) is 10.7 Å². The van der Waals surface area contributed by atoms with Crippen LogP contribution in [0, 0.1) is 0 Å². The molecular weight excluding hydrogens is 408 g/mol. The fourth-order valence-electron chi connectivity index (χ4n) is 4.02. The van der Waals surface area contributed by atoms with Crippen LogP contribution in [0.25, 0.3) is 15.9 Å². The van der Waals surface area contributed by atoms with E-state index in [4.69, 9.17) is 4.74 Å². The average Bonchev–Trinajstić information content (AvgIpc) is 3.41. The summed E-state index contributed by atoms with van der Waals surface area (Å²) in [4.78, 5) is 23.6. The Labute approximate surface area is 188 Å². The number of benzene rings is 1. The van der Waals surface area contributed by atoms with Gasteiger partial charge in [0.05, 0.1) is 16.8 Å². The molecular formula is C24H32N4O2S. The number of likely N-dealkylation sites (N-methyl/N-ethyl adjacent to an activating group) is 1. The Hall–Kier alpha value is -2.22. The van der Waals surface area contributed by atoms with Crippen LogP contribution in [0.4, 0.5) is 5.69 Å². The number of anilines is 1. The fourth-order valence-corrected chi connectivity index (χ4v) is 5.06. The van der Waals surface area contributed by atoms with Crippen LogP contribution < -0.4 is 10.5 Å². The maximum atomic E-state index is 13.2. The Kier molecular flexibility index (Phi) is 6.19. The van der Waals surface area contributed by atoms with E-state index in [1.165, 1.54) is 17.0 Å². The Bertz CT molecular complexity index is 1100. The summed E-state index contributed by atoms with van der Waals surface area (Å²) < 4.78 is 7.88. The molecule has 0 amide bonds. The Morgan fingerprint density at radius 2 is 1.94 bits per heavy atom. The number of rotatable bonds is 7. The molecule has 1 saturated heterocycles. The highest BCUT2D eigenvalue weighted by molar-refractivity contribution is 7.18. The third-order valence-electron chi connectivity index (χ3n) is 6.40. The largest absolute Gasteiger partial charge is 0.379 e. The second-order valence-electron chi connectivity index (χ2n) is 9.18. The number of nitrogens with zero attached hydrogens (tertiary/aromatic N) is 4. The van der Waals surface area contributed by atoms with E-state index in [0.717, 1.165) is 37.1 Å². The van der Waals surface area contributed by atoms with Crippen molar-refractivity contribution in [2.24, 2.45) is 0 Å². The van der Waals surface area contributed by atoms with Gasteiger partial charge in [-0.3, -0.25) is 9.36 Å². The third-order valence-corrected chi connectivity index (χ3v) is 7.57. The van der Waals surface area contributed by atoms with Gasteiger partial charge in [0.25, 0.3) is 5.56 Å². The third kappa shape index (κ3) is 4.68. The van der Waals surface area contributed by atoms with Gasteiger partial charge in [-0.1, -0.05) is 0 Å². The maximum absolute atomic E-state index is 13.2. The first kappa shape index (κ1) is 22.0. The number of aryl methyl sites for hydroxylation is 1. The van der Waals surface area contributed by atoms with Crippen LogP contribution in [0.3, 0.4) is 0 Å². The number of hydrogen-bond donors (Lipinski definition) is 0. The van der Waals surface area contributed by atoms with Crippen LogP contribution in [0.5, 0.6) is 0 Å². The van der Waals surface area contributed by atoms with Crippen molar-refractivity contribution in [2.45, 2.75) is 44.8 Å². The lowest BCUT2D eigenvalue weighted by molar-refractivity contribution is 0.0159. The van der Waals surface area contributed by atoms with Crippen molar-refractivity contribution in [1.29, 1.82) is 0 Å². The van der Waals surface area contributed by atoms with E-state index in [2.05, 4.69) is 54.9 Å². The number of aromatic nitrogens is 2. The minimum absolute atomic E-state index is 0.00570. The summed E-state index contributed by atoms with van der Waals surface area (Å²) >= 11 is 1.55. The zero-order valence-electron chi connectivity index (χ0n) is 19.1. The number of hydrogen-bond acceptors (Lipinski definition) is 6. The van der Waals surface area contributed by atoms with Crippen LogP contribution in [-0.2, 0) is 11.2 Å². The molecule has 0 aliphatic carbocycles. The molecule has 6 nitrogen and oxygen atoms in total. The zero-order chi connectivity index (χ0) is 22.2. The quantitative estimate of drug-likeness (QED) is 0.557. The van der Waals surface area contributed by atoms with E-state index < -0.39 is 0 Å². The molecule has 3 aromatic rings. The van der Waals surface area contributed by atoms with E-state index in [1.807, 2.05) is 18.2 Å². The van der Waals surface area contributed by atoms with Crippen LogP contribution in [-0.4, -0.2) is 60.4 Å². The minimum Gasteiger partial charge on any atom is -0.379 e. The summed E-state index contributed by atoms with van der Waals surface area (Å²) in [7, 11) is 6.02. The first-order valence-corrected chi connectivity index (χ1v) is 11.7. The first-order valence-electron chi connectivity index (χ1n) is 10.8. The highest BCUT2D eigenvalue weighted by Gasteiger charge is 2.24. The molecule has 3 heterocycles. The molecule has 1 aliphatic rings. The Balaban J connectivity index is 1.54. The smallest absolute Gasteiger partial charge is 0.275 e. The van der Waals surface area contributed by atoms with E-state index in [1.54, 1.807) is 29.3 Å². The summed E-state index contributed by atoms with van der Waals surface area (Å²) in [6.45, 7) is 6.27. The lowest BCUT2D eigenvalue weighted by atomic mass is 10.0. The summed E-state index contributed by atoms with van der Waals surface area (Å²) in [5.74, 6) is 0. The maximum Gasteiger partial charge on any atom is 0.275 e. The van der Waals surface area contributed by atoms with Crippen LogP contribution in [0.15, 0.2) is 41.5 Å². The van der Waals surface area contributed by atoms with Crippen LogP contribution in [0.1, 0.15) is 31.6 Å². The Morgan fingerprint density at radius 1 is 1.23 bits per heavy atom. The predicted octanol–water partition coefficient (Wildman–Crippen LogP) is 3.95. The predicted molar refractivity (Wildman–Crippen MR) is 129 cm³/mol. The standard InChI is InChI=1S/C24H32N4O2S/c1-24(2,30-5)12-10-20-14-21-22(31-20)23(29)28(16-25-21)18-8-6-17(7-9-18)27-13-11-19(15-27)26(3)4/h6-9,14,16,19H,10-13,15H2,1-5H3/t19-/m1/s1. The molecule has 31 heavy (non-hydrogen) atoms. The molecule has 1 atom stereocenters. The van der Waals surface area contributed by atoms with Crippen LogP contribution in [0.2, 0.25) is 0 Å². The molecule has 0 spiro atoms. The number of ether oxygens (including phenoxy) is 1. The Morgan fingerprint density at radius 3 is 2.58 bits per heavy atom. The minimum atomic E-state index is -0.173. The van der Waals surface area contributed by atoms with E-state index in [-0.39, 0.29) is 11.2 Å². The van der Waals surface area contributed by atoms with Gasteiger partial charge in [0, 0.05) is 36.8 Å². The summed E-state index contributed by atoms with van der Waals surface area (Å²) in [6, 6.07) is 10.9. The van der Waals surface area contributed by atoms with Crippen molar-refractivity contribution in [3.05, 3.63) is 51.9 Å². The highest BCUT2D eigenvalue weighted by Crippen LogP contribution is 2.26. The molecule has 166 valence electrons. The van der Waals surface area contributed by atoms with Gasteiger partial charge in [-0.15, -0.1) is 11.3 Å². The van der Waals surface area contributed by atoms with Gasteiger partial charge in [0.15, 0.2) is 0 Å². The van der Waals surface area contributed by atoms with Gasteiger partial charge >= 0.3 is 0 Å². The molecule has 4 rings (SSSR count). The van der Waals surface area contributed by atoms with Crippen molar-refractivity contribution in [1.82, 2.24) is 14.5 Å². The molecule has 7 heteroatoms. The first-order chi connectivity index (χ1) is 14.8. The molecule has 0 radical (unpaired) electrons. The van der Waals surface area contributed by atoms with Gasteiger partial charge in [0.2, 0.25) is 0 Å². The highest BCUT2D eigenvalue weighted by atomic mass is 32.1. The SMILES string of the molecule is COC(C)(C)CCc1cc2ncn(-c3ccc(N4CC[C@@H](N(C)C)C4)cc3)c(=O)c2s1. The molecule has 1 fully saturated rings. The lowest BCUT2D eigenvalue weighted by Crippen LogP contribution is -2.31. The van der Waals surface area contributed by atoms with Crippen molar-refractivity contribution < 1.29 is 4.74 Å². The zero-order valence-corrected chi connectivity index (χ0v) is 19.9. The van der Waals surface area contributed by atoms with Gasteiger partial charge in [0.1, 0.15) is 11.0 Å². The summed E-state index contributed by atoms with van der Waals surface area (Å²) in [5.41, 5.74) is 2.65. The molecule has 1 aromatic carbocycles. The fraction of sp³-hybridized carbons (Fsp3) is 0.500. The second kappa shape index (κ2) is 8.73.